The molecule has 0 spiro atoms. The molecule has 3 aromatic rings. The number of anilines is 1. The number of rotatable bonds is 3. The van der Waals surface area contributed by atoms with Gasteiger partial charge in [-0.2, -0.15) is 0 Å². The van der Waals surface area contributed by atoms with E-state index in [1.165, 1.54) is 10.3 Å². The van der Waals surface area contributed by atoms with Crippen molar-refractivity contribution in [3.05, 3.63) is 59.1 Å². The average molecular weight is 254 g/mol. The van der Waals surface area contributed by atoms with Gasteiger partial charge in [0.25, 0.3) is 0 Å². The fourth-order valence-electron chi connectivity index (χ4n) is 1.84. The van der Waals surface area contributed by atoms with Crippen molar-refractivity contribution in [3.63, 3.8) is 0 Å². The molecule has 0 atom stereocenters. The molecule has 1 N–H and O–H groups in total. The van der Waals surface area contributed by atoms with Crippen molar-refractivity contribution in [1.29, 1.82) is 0 Å². The maximum absolute atomic E-state index is 4.60. The number of aryl methyl sites for hydroxylation is 1. The summed E-state index contributed by atoms with van der Waals surface area (Å²) in [6.45, 7) is 2.87. The smallest absolute Gasteiger partial charge is 0.113 e. The minimum absolute atomic E-state index is 0.780. The van der Waals surface area contributed by atoms with Gasteiger partial charge in [-0.3, -0.25) is 0 Å². The van der Waals surface area contributed by atoms with Gasteiger partial charge in [0.1, 0.15) is 5.01 Å². The molecular formula is C15H14N2S. The van der Waals surface area contributed by atoms with Crippen LogP contribution in [0.5, 0.6) is 0 Å². The molecule has 0 amide bonds. The van der Waals surface area contributed by atoms with Crippen molar-refractivity contribution in [1.82, 2.24) is 4.98 Å². The molecular weight excluding hydrogens is 240 g/mol. The molecule has 0 aliphatic heterocycles. The predicted molar refractivity (Wildman–Crippen MR) is 78.1 cm³/mol. The van der Waals surface area contributed by atoms with Crippen LogP contribution in [-0.4, -0.2) is 4.98 Å². The van der Waals surface area contributed by atoms with Crippen LogP contribution in [0.2, 0.25) is 0 Å². The fraction of sp³-hybridized carbons (Fsp3) is 0.133. The van der Waals surface area contributed by atoms with E-state index in [0.717, 1.165) is 22.8 Å². The van der Waals surface area contributed by atoms with Crippen molar-refractivity contribution < 1.29 is 0 Å². The molecule has 1 aromatic heterocycles. The van der Waals surface area contributed by atoms with Crippen LogP contribution < -0.4 is 5.32 Å². The second-order valence-corrected chi connectivity index (χ2v) is 5.41. The Bertz CT molecular complexity index is 623. The van der Waals surface area contributed by atoms with E-state index in [0.29, 0.717) is 0 Å². The summed E-state index contributed by atoms with van der Waals surface area (Å²) < 4.78 is 1.25. The summed E-state index contributed by atoms with van der Waals surface area (Å²) in [7, 11) is 0. The highest BCUT2D eigenvalue weighted by Gasteiger charge is 2.02. The quantitative estimate of drug-likeness (QED) is 0.757. The van der Waals surface area contributed by atoms with Gasteiger partial charge in [-0.05, 0) is 31.2 Å². The number of aromatic nitrogens is 1. The lowest BCUT2D eigenvalue weighted by Crippen LogP contribution is -1.98. The van der Waals surface area contributed by atoms with Crippen LogP contribution >= 0.6 is 11.3 Å². The Morgan fingerprint density at radius 3 is 2.61 bits per heavy atom. The van der Waals surface area contributed by atoms with E-state index in [9.17, 15) is 0 Å². The van der Waals surface area contributed by atoms with Crippen LogP contribution in [0.4, 0.5) is 5.69 Å². The molecule has 2 nitrogen and oxygen atoms in total. The lowest BCUT2D eigenvalue weighted by atomic mass is 10.2. The summed E-state index contributed by atoms with van der Waals surface area (Å²) in [6.07, 6.45) is 0. The van der Waals surface area contributed by atoms with E-state index in [2.05, 4.69) is 59.7 Å². The lowest BCUT2D eigenvalue weighted by molar-refractivity contribution is 1.12. The van der Waals surface area contributed by atoms with Gasteiger partial charge in [0.05, 0.1) is 16.8 Å². The minimum Gasteiger partial charge on any atom is -0.379 e. The predicted octanol–water partition coefficient (Wildman–Crippen LogP) is 4.22. The molecule has 0 radical (unpaired) electrons. The molecule has 0 bridgehead atoms. The van der Waals surface area contributed by atoms with Crippen molar-refractivity contribution in [2.75, 3.05) is 5.32 Å². The Hall–Kier alpha value is -1.87. The second kappa shape index (κ2) is 4.78. The van der Waals surface area contributed by atoms with Crippen LogP contribution in [0.3, 0.4) is 0 Å². The van der Waals surface area contributed by atoms with E-state index in [1.54, 1.807) is 11.3 Å². The normalized spacial score (nSPS) is 10.7. The first kappa shape index (κ1) is 11.2. The van der Waals surface area contributed by atoms with Crippen LogP contribution in [0, 0.1) is 6.92 Å². The third-order valence-electron chi connectivity index (χ3n) is 2.83. The number of fused-ring (bicyclic) bond motifs is 1. The SMILES string of the molecule is Cc1ccc(NCc2nc3ccccc3s2)cc1. The molecule has 2 aromatic carbocycles. The number of thiazole rings is 1. The fourth-order valence-corrected chi connectivity index (χ4v) is 2.75. The molecule has 3 rings (SSSR count). The number of nitrogens with zero attached hydrogens (tertiary/aromatic N) is 1. The number of benzene rings is 2. The van der Waals surface area contributed by atoms with Crippen molar-refractivity contribution in [2.45, 2.75) is 13.5 Å². The second-order valence-electron chi connectivity index (χ2n) is 4.29. The average Bonchev–Trinajstić information content (AvgIpc) is 2.81. The molecule has 0 saturated heterocycles. The highest BCUT2D eigenvalue weighted by molar-refractivity contribution is 7.18. The third-order valence-corrected chi connectivity index (χ3v) is 3.87. The maximum Gasteiger partial charge on any atom is 0.113 e. The third kappa shape index (κ3) is 2.36. The highest BCUT2D eigenvalue weighted by atomic mass is 32.1. The van der Waals surface area contributed by atoms with E-state index in [4.69, 9.17) is 0 Å². The molecule has 18 heavy (non-hydrogen) atoms. The van der Waals surface area contributed by atoms with E-state index >= 15 is 0 Å². The summed E-state index contributed by atoms with van der Waals surface area (Å²) in [5, 5.41) is 4.52. The van der Waals surface area contributed by atoms with Crippen LogP contribution in [0.25, 0.3) is 10.2 Å². The number of nitrogens with one attached hydrogen (secondary N) is 1. The Morgan fingerprint density at radius 1 is 1.06 bits per heavy atom. The number of hydrogen-bond acceptors (Lipinski definition) is 3. The van der Waals surface area contributed by atoms with Gasteiger partial charge in [0, 0.05) is 5.69 Å². The van der Waals surface area contributed by atoms with Gasteiger partial charge in [-0.1, -0.05) is 29.8 Å². The first-order chi connectivity index (χ1) is 8.81. The number of hydrogen-bond donors (Lipinski definition) is 1. The van der Waals surface area contributed by atoms with Gasteiger partial charge in [0.15, 0.2) is 0 Å². The zero-order valence-electron chi connectivity index (χ0n) is 10.2. The molecule has 0 saturated carbocycles. The van der Waals surface area contributed by atoms with E-state index in [-0.39, 0.29) is 0 Å². The van der Waals surface area contributed by atoms with Gasteiger partial charge in [-0.25, -0.2) is 4.98 Å². The van der Waals surface area contributed by atoms with Crippen LogP contribution in [0.1, 0.15) is 10.6 Å². The molecule has 0 unspecified atom stereocenters. The van der Waals surface area contributed by atoms with Gasteiger partial charge in [0.2, 0.25) is 0 Å². The summed E-state index contributed by atoms with van der Waals surface area (Å²) >= 11 is 1.75. The van der Waals surface area contributed by atoms with Gasteiger partial charge in [-0.15, -0.1) is 11.3 Å². The maximum atomic E-state index is 4.60. The Morgan fingerprint density at radius 2 is 1.83 bits per heavy atom. The topological polar surface area (TPSA) is 24.9 Å². The van der Waals surface area contributed by atoms with Crippen LogP contribution in [0.15, 0.2) is 48.5 Å². The van der Waals surface area contributed by atoms with Crippen molar-refractivity contribution in [3.8, 4) is 0 Å². The van der Waals surface area contributed by atoms with Crippen molar-refractivity contribution in [2.24, 2.45) is 0 Å². The highest BCUT2D eigenvalue weighted by Crippen LogP contribution is 2.22. The first-order valence-electron chi connectivity index (χ1n) is 5.96. The zero-order chi connectivity index (χ0) is 12.4. The Balaban J connectivity index is 1.74. The standard InChI is InChI=1S/C15H14N2S/c1-11-6-8-12(9-7-11)16-10-15-17-13-4-2-3-5-14(13)18-15/h2-9,16H,10H2,1H3. The van der Waals surface area contributed by atoms with Crippen molar-refractivity contribution >= 4 is 27.2 Å². The Kier molecular flexibility index (Phi) is 2.99. The number of para-hydroxylation sites is 1. The summed E-state index contributed by atoms with van der Waals surface area (Å²) in [5.41, 5.74) is 3.50. The molecule has 0 fully saturated rings. The summed E-state index contributed by atoms with van der Waals surface area (Å²) in [4.78, 5) is 4.60. The molecule has 0 aliphatic rings. The molecule has 3 heteroatoms. The summed E-state index contributed by atoms with van der Waals surface area (Å²) in [5.74, 6) is 0. The summed E-state index contributed by atoms with van der Waals surface area (Å²) in [6, 6.07) is 16.7. The molecule has 1 heterocycles. The van der Waals surface area contributed by atoms with Crippen LogP contribution in [-0.2, 0) is 6.54 Å². The van der Waals surface area contributed by atoms with Gasteiger partial charge >= 0.3 is 0 Å². The minimum atomic E-state index is 0.780. The molecule has 0 aliphatic carbocycles. The lowest BCUT2D eigenvalue weighted by Gasteiger charge is -2.03. The Labute approximate surface area is 110 Å². The molecule has 90 valence electrons. The largest absolute Gasteiger partial charge is 0.379 e. The zero-order valence-corrected chi connectivity index (χ0v) is 11.0. The monoisotopic (exact) mass is 254 g/mol. The van der Waals surface area contributed by atoms with E-state index in [1.807, 2.05) is 6.07 Å². The first-order valence-corrected chi connectivity index (χ1v) is 6.78. The van der Waals surface area contributed by atoms with Gasteiger partial charge < -0.3 is 5.32 Å². The van der Waals surface area contributed by atoms with E-state index < -0.39 is 0 Å².